The minimum Gasteiger partial charge on any atom is -0.298 e. The van der Waals surface area contributed by atoms with Gasteiger partial charge in [0.25, 0.3) is 0 Å². The summed E-state index contributed by atoms with van der Waals surface area (Å²) in [4.78, 5) is 23.6. The Bertz CT molecular complexity index is 1080. The van der Waals surface area contributed by atoms with Crippen LogP contribution in [-0.2, 0) is 0 Å². The molecule has 2 unspecified atom stereocenters. The first-order chi connectivity index (χ1) is 15.8. The average molecular weight is 454 g/mol. The molecule has 4 aromatic carbocycles. The number of hydrogen-bond acceptors (Lipinski definition) is 2. The van der Waals surface area contributed by atoms with Crippen molar-refractivity contribution in [3.05, 3.63) is 120 Å². The lowest BCUT2D eigenvalue weighted by atomic mass is 10.2. The second-order valence-corrected chi connectivity index (χ2v) is 11.9. The highest BCUT2D eigenvalue weighted by Crippen LogP contribution is 2.42. The first kappa shape index (κ1) is 22.3. The van der Waals surface area contributed by atoms with Gasteiger partial charge in [0.2, 0.25) is 0 Å². The number of carbonyl (C=O) groups excluding carboxylic acids is 2. The predicted molar refractivity (Wildman–Crippen MR) is 139 cm³/mol. The summed E-state index contributed by atoms with van der Waals surface area (Å²) in [5.41, 5.74) is 1.53. The molecule has 32 heavy (non-hydrogen) atoms. The topological polar surface area (TPSA) is 34.1 Å². The Hall–Kier alpha value is -2.92. The molecular formula is C28H24O2P2. The van der Waals surface area contributed by atoms with Crippen molar-refractivity contribution in [1.29, 1.82) is 0 Å². The van der Waals surface area contributed by atoms with Crippen LogP contribution < -0.4 is 21.2 Å². The van der Waals surface area contributed by atoms with Gasteiger partial charge < -0.3 is 0 Å². The van der Waals surface area contributed by atoms with E-state index in [0.29, 0.717) is 0 Å². The highest BCUT2D eigenvalue weighted by atomic mass is 31.1. The van der Waals surface area contributed by atoms with Crippen LogP contribution in [0, 0.1) is 0 Å². The lowest BCUT2D eigenvalue weighted by molar-refractivity contribution is 0.111. The first-order valence-electron chi connectivity index (χ1n) is 10.6. The first-order valence-corrected chi connectivity index (χ1v) is 13.6. The van der Waals surface area contributed by atoms with E-state index in [1.807, 2.05) is 48.5 Å². The van der Waals surface area contributed by atoms with Crippen molar-refractivity contribution in [3.63, 3.8) is 0 Å². The van der Waals surface area contributed by atoms with Crippen molar-refractivity contribution < 1.29 is 9.59 Å². The van der Waals surface area contributed by atoms with E-state index in [-0.39, 0.29) is 0 Å². The minimum atomic E-state index is -0.708. The van der Waals surface area contributed by atoms with Crippen LogP contribution in [0.4, 0.5) is 0 Å². The standard InChI is InChI=1S/C28H24O2P2/c29-21-23-11-7-9-17-27(23)31(25-13-3-1-4-14-25)19-20-32(26-15-5-2-6-16-26)28-18-10-8-12-24(28)22-30/h1-18,21-22H,19-20H2. The zero-order valence-corrected chi connectivity index (χ0v) is 19.5. The second kappa shape index (κ2) is 11.1. The van der Waals surface area contributed by atoms with Crippen molar-refractivity contribution >= 4 is 49.6 Å². The van der Waals surface area contributed by atoms with Gasteiger partial charge in [-0.25, -0.2) is 0 Å². The Morgan fingerprint density at radius 3 is 1.19 bits per heavy atom. The number of benzene rings is 4. The lowest BCUT2D eigenvalue weighted by Gasteiger charge is -2.25. The highest BCUT2D eigenvalue weighted by Gasteiger charge is 2.22. The van der Waals surface area contributed by atoms with Crippen molar-refractivity contribution in [2.75, 3.05) is 12.3 Å². The van der Waals surface area contributed by atoms with E-state index in [0.717, 1.165) is 46.6 Å². The summed E-state index contributed by atoms with van der Waals surface area (Å²) in [6, 6.07) is 36.8. The molecule has 0 aromatic heterocycles. The molecule has 4 heteroatoms. The molecule has 0 aliphatic carbocycles. The zero-order chi connectivity index (χ0) is 22.2. The summed E-state index contributed by atoms with van der Waals surface area (Å²) < 4.78 is 0. The van der Waals surface area contributed by atoms with Gasteiger partial charge in [-0.05, 0) is 49.4 Å². The second-order valence-electron chi connectivity index (χ2n) is 7.33. The zero-order valence-electron chi connectivity index (χ0n) is 17.7. The molecule has 4 aromatic rings. The summed E-state index contributed by atoms with van der Waals surface area (Å²) in [5, 5.41) is 4.78. The van der Waals surface area contributed by atoms with Gasteiger partial charge in [0, 0.05) is 11.1 Å². The molecule has 4 rings (SSSR count). The molecule has 0 saturated carbocycles. The van der Waals surface area contributed by atoms with Crippen LogP contribution in [0.1, 0.15) is 20.7 Å². The van der Waals surface area contributed by atoms with Gasteiger partial charge >= 0.3 is 0 Å². The molecule has 0 aliphatic heterocycles. The number of hydrogen-bond donors (Lipinski definition) is 0. The van der Waals surface area contributed by atoms with Gasteiger partial charge in [-0.2, -0.15) is 0 Å². The fourth-order valence-corrected chi connectivity index (χ4v) is 9.49. The largest absolute Gasteiger partial charge is 0.298 e. The highest BCUT2D eigenvalue weighted by molar-refractivity contribution is 7.76. The number of aldehydes is 2. The van der Waals surface area contributed by atoms with E-state index in [1.165, 1.54) is 10.6 Å². The Morgan fingerprint density at radius 2 is 0.812 bits per heavy atom. The quantitative estimate of drug-likeness (QED) is 0.267. The van der Waals surface area contributed by atoms with Gasteiger partial charge in [-0.1, -0.05) is 109 Å². The Morgan fingerprint density at radius 1 is 0.469 bits per heavy atom. The number of carbonyl (C=O) groups is 2. The average Bonchev–Trinajstić information content (AvgIpc) is 2.88. The molecule has 0 heterocycles. The maximum Gasteiger partial charge on any atom is 0.150 e. The maximum absolute atomic E-state index is 11.8. The predicted octanol–water partition coefficient (Wildman–Crippen LogP) is 4.88. The summed E-state index contributed by atoms with van der Waals surface area (Å²) in [6.07, 6.45) is 3.82. The van der Waals surface area contributed by atoms with Crippen molar-refractivity contribution in [2.45, 2.75) is 0 Å². The smallest absolute Gasteiger partial charge is 0.150 e. The van der Waals surface area contributed by atoms with E-state index in [2.05, 4.69) is 60.7 Å². The summed E-state index contributed by atoms with van der Waals surface area (Å²) in [5.74, 6) is 0. The fourth-order valence-electron chi connectivity index (χ4n) is 3.86. The van der Waals surface area contributed by atoms with Gasteiger partial charge in [0.1, 0.15) is 0 Å². The lowest BCUT2D eigenvalue weighted by Crippen LogP contribution is -2.23. The molecule has 0 amide bonds. The van der Waals surface area contributed by atoms with Gasteiger partial charge in [0.05, 0.1) is 0 Å². The van der Waals surface area contributed by atoms with Gasteiger partial charge in [-0.3, -0.25) is 9.59 Å². The van der Waals surface area contributed by atoms with Crippen LogP contribution in [0.3, 0.4) is 0 Å². The Labute approximate surface area is 191 Å². The molecule has 0 N–H and O–H groups in total. The molecule has 0 bridgehead atoms. The van der Waals surface area contributed by atoms with Crippen LogP contribution in [0.25, 0.3) is 0 Å². The number of rotatable bonds is 9. The van der Waals surface area contributed by atoms with Crippen LogP contribution in [0.15, 0.2) is 109 Å². The van der Waals surface area contributed by atoms with Crippen LogP contribution in [0.5, 0.6) is 0 Å². The summed E-state index contributed by atoms with van der Waals surface area (Å²) >= 11 is 0. The van der Waals surface area contributed by atoms with Crippen LogP contribution in [-0.4, -0.2) is 24.9 Å². The molecule has 0 aliphatic rings. The van der Waals surface area contributed by atoms with Crippen LogP contribution in [0.2, 0.25) is 0 Å². The minimum absolute atomic E-state index is 0.708. The van der Waals surface area contributed by atoms with E-state index in [9.17, 15) is 9.59 Å². The normalized spacial score (nSPS) is 12.6. The summed E-state index contributed by atoms with van der Waals surface area (Å²) in [6.45, 7) is 0. The molecule has 2 atom stereocenters. The Balaban J connectivity index is 1.74. The molecule has 0 fully saturated rings. The third kappa shape index (κ3) is 5.10. The molecule has 0 spiro atoms. The van der Waals surface area contributed by atoms with Gasteiger partial charge in [-0.15, -0.1) is 0 Å². The fraction of sp³-hybridized carbons (Fsp3) is 0.0714. The molecule has 2 nitrogen and oxygen atoms in total. The SMILES string of the molecule is O=Cc1ccccc1P(CCP(c1ccccc1)c1ccccc1C=O)c1ccccc1. The monoisotopic (exact) mass is 454 g/mol. The van der Waals surface area contributed by atoms with Crippen molar-refractivity contribution in [1.82, 2.24) is 0 Å². The van der Waals surface area contributed by atoms with Gasteiger partial charge in [0.15, 0.2) is 12.6 Å². The molecular weight excluding hydrogens is 430 g/mol. The van der Waals surface area contributed by atoms with E-state index in [4.69, 9.17) is 0 Å². The van der Waals surface area contributed by atoms with E-state index in [1.54, 1.807) is 0 Å². The summed E-state index contributed by atoms with van der Waals surface area (Å²) in [7, 11) is -1.42. The third-order valence-electron chi connectivity index (χ3n) is 5.39. The third-order valence-corrected chi connectivity index (χ3v) is 10.9. The van der Waals surface area contributed by atoms with Crippen molar-refractivity contribution in [2.24, 2.45) is 0 Å². The Kier molecular flexibility index (Phi) is 7.73. The van der Waals surface area contributed by atoms with Crippen LogP contribution >= 0.6 is 15.8 Å². The molecule has 0 saturated heterocycles. The van der Waals surface area contributed by atoms with E-state index < -0.39 is 15.8 Å². The maximum atomic E-state index is 11.8. The molecule has 158 valence electrons. The molecule has 0 radical (unpaired) electrons. The van der Waals surface area contributed by atoms with E-state index >= 15 is 0 Å². The van der Waals surface area contributed by atoms with Crippen molar-refractivity contribution in [3.8, 4) is 0 Å².